The van der Waals surface area contributed by atoms with Crippen molar-refractivity contribution in [2.24, 2.45) is 23.7 Å². The van der Waals surface area contributed by atoms with E-state index in [4.69, 9.17) is 18.9 Å². The van der Waals surface area contributed by atoms with Crippen LogP contribution in [0.5, 0.6) is 0 Å². The number of fused-ring (bicyclic) bond motifs is 4. The Morgan fingerprint density at radius 1 is 0.703 bits per heavy atom. The van der Waals surface area contributed by atoms with E-state index < -0.39 is 174 Å². The van der Waals surface area contributed by atoms with Gasteiger partial charge in [0.25, 0.3) is 5.91 Å². The minimum Gasteiger partial charge on any atom is -0.458 e. The van der Waals surface area contributed by atoms with Crippen LogP contribution in [0.15, 0.2) is 27.4 Å². The zero-order valence-corrected chi connectivity index (χ0v) is 55.0. The number of Topliss-reactive ketones (excluding diaryl/α,β-unsaturated/α-hetero) is 1. The molecule has 6 N–H and O–H groups in total. The molecule has 9 amide bonds. The van der Waals surface area contributed by atoms with Gasteiger partial charge < -0.3 is 69.7 Å². The highest BCUT2D eigenvalue weighted by Gasteiger charge is 2.46. The first-order valence-corrected chi connectivity index (χ1v) is 31.2. The molecule has 0 bridgehead atoms. The van der Waals surface area contributed by atoms with Gasteiger partial charge in [0.1, 0.15) is 59.6 Å². The summed E-state index contributed by atoms with van der Waals surface area (Å²) < 4.78 is 18.5. The predicted octanol–water partition coefficient (Wildman–Crippen LogP) is 0.711. The Morgan fingerprint density at radius 3 is 1.74 bits per heavy atom. The van der Waals surface area contributed by atoms with Crippen molar-refractivity contribution in [3.63, 3.8) is 0 Å². The van der Waals surface area contributed by atoms with Gasteiger partial charge in [-0.05, 0) is 82.3 Å². The number of amides is 9. The Balaban J connectivity index is 1.28. The van der Waals surface area contributed by atoms with Crippen LogP contribution >= 0.6 is 0 Å². The molecule has 11 unspecified atom stereocenters. The van der Waals surface area contributed by atoms with Crippen LogP contribution in [0.4, 0.5) is 5.69 Å². The largest absolute Gasteiger partial charge is 0.458 e. The molecule has 11 atom stereocenters. The predicted molar refractivity (Wildman–Crippen MR) is 332 cm³/mol. The van der Waals surface area contributed by atoms with Crippen LogP contribution in [0.25, 0.3) is 22.6 Å². The zero-order chi connectivity index (χ0) is 67.5. The molecule has 28 nitrogen and oxygen atoms in total. The lowest BCUT2D eigenvalue weighted by molar-refractivity contribution is -0.187. The minimum atomic E-state index is -1.74. The fourth-order valence-corrected chi connectivity index (χ4v) is 12.7. The number of rotatable bonds is 11. The number of aliphatic hydroxyl groups excluding tert-OH is 1. The monoisotopic (exact) mass is 1270 g/mol. The number of para-hydroxylation sites is 1. The van der Waals surface area contributed by atoms with Crippen molar-refractivity contribution in [1.29, 1.82) is 0 Å². The van der Waals surface area contributed by atoms with Crippen molar-refractivity contribution < 1.29 is 71.7 Å². The second-order valence-electron chi connectivity index (χ2n) is 25.8. The van der Waals surface area contributed by atoms with Crippen LogP contribution in [-0.4, -0.2) is 239 Å². The summed E-state index contributed by atoms with van der Waals surface area (Å²) in [5.74, 6) is -10.0. The summed E-state index contributed by atoms with van der Waals surface area (Å²) >= 11 is 0. The van der Waals surface area contributed by atoms with Crippen molar-refractivity contribution in [2.75, 3.05) is 73.3 Å². The van der Waals surface area contributed by atoms with E-state index >= 15 is 4.79 Å². The van der Waals surface area contributed by atoms with Gasteiger partial charge in [-0.2, -0.15) is 0 Å². The van der Waals surface area contributed by atoms with Gasteiger partial charge in [0, 0.05) is 53.9 Å². The number of cyclic esters (lactones) is 1. The van der Waals surface area contributed by atoms with E-state index in [1.54, 1.807) is 55.4 Å². The smallest absolute Gasteiger partial charge is 0.329 e. The van der Waals surface area contributed by atoms with Crippen molar-refractivity contribution in [2.45, 2.75) is 169 Å². The van der Waals surface area contributed by atoms with E-state index in [9.17, 15) is 57.8 Å². The van der Waals surface area contributed by atoms with Gasteiger partial charge in [0.15, 0.2) is 23.4 Å². The Kier molecular flexibility index (Phi) is 22.4. The summed E-state index contributed by atoms with van der Waals surface area (Å²) in [4.78, 5) is 185. The zero-order valence-electron chi connectivity index (χ0n) is 55.0. The van der Waals surface area contributed by atoms with Crippen molar-refractivity contribution in [1.82, 2.24) is 55.7 Å². The first-order chi connectivity index (χ1) is 42.7. The number of hydrogen-bond donors (Lipinski definition) is 6. The number of esters is 1. The summed E-state index contributed by atoms with van der Waals surface area (Å²) in [6, 6.07) is -5.60. The molecule has 91 heavy (non-hydrogen) atoms. The van der Waals surface area contributed by atoms with Gasteiger partial charge in [0.05, 0.1) is 48.6 Å². The molecule has 1 aromatic carbocycles. The number of hydrogen-bond acceptors (Lipinski definition) is 19. The lowest BCUT2D eigenvalue weighted by Gasteiger charge is -2.38. The van der Waals surface area contributed by atoms with Gasteiger partial charge in [-0.25, -0.2) is 9.78 Å². The Hall–Kier alpha value is -8.11. The number of ether oxygens (including phenoxy) is 2. The summed E-state index contributed by atoms with van der Waals surface area (Å²) in [7, 11) is 7.14. The quantitative estimate of drug-likeness (QED) is 0.0875. The van der Waals surface area contributed by atoms with E-state index in [2.05, 4.69) is 26.6 Å². The molecule has 0 radical (unpaired) electrons. The standard InChI is InChI=1S/C63H90N12O16/c1-29(2)44-60(85)74-24-18-21-37(74)58(83)70(13)27-41(77)72(15)51(31(5)6)62(87)89-34(10)46(56(81)67-44)65-26-39(76)43-49(64-12)53(79)33(9)54-50(43)66-48-36(20-17-23-40(48)91-54)55(80)69-47-35(11)90-63(88)52(32(7)8)73(16)42(78)28-71(14)59(84)38-22-19-25-75(38)61(86)45(30(3)4)68-57(47)82/h17,20,23,29-32,34-35,37-38,44-47,51-52,62,64-65,87H,18-19,21-22,24-28H2,1-16H3,(H,67,81)(H,68,82)(H,69,80). The maximum atomic E-state index is 15.1. The molecule has 4 saturated heterocycles. The van der Waals surface area contributed by atoms with E-state index in [1.165, 1.54) is 98.7 Å². The molecule has 0 spiro atoms. The lowest BCUT2D eigenvalue weighted by Crippen LogP contribution is -2.61. The lowest BCUT2D eigenvalue weighted by atomic mass is 9.97. The van der Waals surface area contributed by atoms with Crippen LogP contribution in [0.2, 0.25) is 0 Å². The normalized spacial score (nSPS) is 27.0. The molecule has 7 rings (SSSR count). The Bertz CT molecular complexity index is 3350. The SMILES string of the molecule is CNc1c(C(=O)CNC2C(=O)NC(C(C)C)C(=O)N3CCCC3C(=O)N(C)CC(=O)N(C)C(C(C)C)C(O)OC2C)c2nc3c(C(=O)NC4C(=O)NC(C(C)C)C(=O)N5CCCC5C(=O)N(C)CC(=O)N(C)C(C(C)C)C(=O)OC4C)cccc3oc-2c(C)c1=O. The summed E-state index contributed by atoms with van der Waals surface area (Å²) in [6.07, 6.45) is -2.97. The molecular weight excluding hydrogens is 1180 g/mol. The number of carbonyl (C=O) groups excluding carboxylic acids is 11. The molecule has 6 aliphatic rings. The Morgan fingerprint density at radius 2 is 1.23 bits per heavy atom. The summed E-state index contributed by atoms with van der Waals surface area (Å²) in [6.45, 7) is 16.8. The second kappa shape index (κ2) is 29.0. The van der Waals surface area contributed by atoms with Gasteiger partial charge >= 0.3 is 5.97 Å². The molecule has 4 fully saturated rings. The number of anilines is 1. The third kappa shape index (κ3) is 14.6. The van der Waals surface area contributed by atoms with E-state index in [0.29, 0.717) is 25.7 Å². The third-order valence-electron chi connectivity index (χ3n) is 17.8. The molecule has 1 aromatic rings. The molecule has 498 valence electrons. The average Bonchev–Trinajstić information content (AvgIpc) is 1.41. The maximum Gasteiger partial charge on any atom is 0.329 e. The summed E-state index contributed by atoms with van der Waals surface area (Å²) in [5, 5.41) is 25.8. The van der Waals surface area contributed by atoms with Crippen LogP contribution in [0.3, 0.4) is 0 Å². The number of aliphatic hydroxyl groups is 1. The van der Waals surface area contributed by atoms with Crippen molar-refractivity contribution >= 4 is 81.7 Å². The minimum absolute atomic E-state index is 0.0125. The van der Waals surface area contributed by atoms with Gasteiger partial charge in [-0.3, -0.25) is 58.1 Å². The highest BCUT2D eigenvalue weighted by Crippen LogP contribution is 2.35. The number of carbonyl (C=O) groups is 11. The van der Waals surface area contributed by atoms with E-state index in [0.717, 1.165) is 4.90 Å². The third-order valence-corrected chi connectivity index (χ3v) is 17.8. The number of aromatic nitrogens is 1. The topological polar surface area (TPSA) is 349 Å². The molecule has 28 heteroatoms. The molecule has 1 aliphatic carbocycles. The first kappa shape index (κ1) is 70.3. The van der Waals surface area contributed by atoms with Crippen LogP contribution < -0.4 is 32.0 Å². The number of benzene rings is 2. The highest BCUT2D eigenvalue weighted by atomic mass is 16.6. The number of nitrogens with one attached hydrogen (secondary N) is 5. The fourth-order valence-electron chi connectivity index (χ4n) is 12.7. The fraction of sp³-hybridized carbons (Fsp3) is 0.635. The molecule has 0 saturated carbocycles. The maximum absolute atomic E-state index is 15.1. The molecular formula is C63H90N12O16. The number of ketones is 1. The molecule has 0 aromatic heterocycles. The van der Waals surface area contributed by atoms with E-state index in [1.807, 2.05) is 0 Å². The molecule has 5 aliphatic heterocycles. The molecule has 5 heterocycles. The Labute approximate surface area is 529 Å². The average molecular weight is 1270 g/mol. The second-order valence-corrected chi connectivity index (χ2v) is 25.8. The van der Waals surface area contributed by atoms with Gasteiger partial charge in [-0.1, -0.05) is 61.5 Å². The number of nitrogens with zero attached hydrogens (tertiary/aromatic N) is 7. The van der Waals surface area contributed by atoms with Crippen LogP contribution in [-0.2, 0) is 52.6 Å². The van der Waals surface area contributed by atoms with E-state index in [-0.39, 0.29) is 64.6 Å². The van der Waals surface area contributed by atoms with Gasteiger partial charge in [-0.15, -0.1) is 0 Å². The first-order valence-electron chi connectivity index (χ1n) is 31.2. The van der Waals surface area contributed by atoms with Crippen molar-refractivity contribution in [3.8, 4) is 11.5 Å². The van der Waals surface area contributed by atoms with Crippen LogP contribution in [0.1, 0.15) is 121 Å². The summed E-state index contributed by atoms with van der Waals surface area (Å²) in [5.41, 5.74) is -1.91. The number of likely N-dealkylation sites (N-methyl/N-ethyl adjacent to an activating group) is 4. The van der Waals surface area contributed by atoms with Gasteiger partial charge in [0.2, 0.25) is 52.7 Å². The van der Waals surface area contributed by atoms with Crippen molar-refractivity contribution in [3.05, 3.63) is 45.1 Å². The highest BCUT2D eigenvalue weighted by molar-refractivity contribution is 6.11. The van der Waals surface area contributed by atoms with Crippen LogP contribution in [0, 0.1) is 30.6 Å².